The molecular formula is C22H27N5O2. The first kappa shape index (κ1) is 19.4. The summed E-state index contributed by atoms with van der Waals surface area (Å²) < 4.78 is 7.41. The number of hydrogen-bond donors (Lipinski definition) is 1. The summed E-state index contributed by atoms with van der Waals surface area (Å²) in [7, 11) is 1.70. The van der Waals surface area contributed by atoms with Gasteiger partial charge in [-0.05, 0) is 49.6 Å². The van der Waals surface area contributed by atoms with Crippen molar-refractivity contribution < 1.29 is 9.53 Å². The molecule has 1 saturated heterocycles. The Morgan fingerprint density at radius 1 is 1.28 bits per heavy atom. The highest BCUT2D eigenvalue weighted by Gasteiger charge is 2.31. The zero-order valence-electron chi connectivity index (χ0n) is 17.2. The Kier molecular flexibility index (Phi) is 5.49. The number of aryl methyl sites for hydroxylation is 1. The van der Waals surface area contributed by atoms with Crippen molar-refractivity contribution in [2.75, 3.05) is 32.1 Å². The fraction of sp³-hybridized carbons (Fsp3) is 0.409. The van der Waals surface area contributed by atoms with Gasteiger partial charge in [0.15, 0.2) is 5.65 Å². The SMILES string of the molecule is COCCn1c([C@@H]2CCN(C(=O)Nc3cccc(C)c3C)C2)nc2cccnc21. The number of ether oxygens (including phenoxy) is 1. The number of benzene rings is 1. The van der Waals surface area contributed by atoms with Crippen molar-refractivity contribution in [3.05, 3.63) is 53.5 Å². The van der Waals surface area contributed by atoms with Gasteiger partial charge < -0.3 is 19.5 Å². The van der Waals surface area contributed by atoms with Crippen molar-refractivity contribution in [2.45, 2.75) is 32.7 Å². The second-order valence-corrected chi connectivity index (χ2v) is 7.57. The Balaban J connectivity index is 1.52. The van der Waals surface area contributed by atoms with Crippen LogP contribution in [-0.4, -0.2) is 52.3 Å². The topological polar surface area (TPSA) is 72.3 Å². The minimum atomic E-state index is -0.0566. The monoisotopic (exact) mass is 393 g/mol. The number of carbonyl (C=O) groups excluding carboxylic acids is 1. The third-order valence-electron chi connectivity index (χ3n) is 5.74. The summed E-state index contributed by atoms with van der Waals surface area (Å²) in [6.45, 7) is 6.73. The number of rotatable bonds is 5. The van der Waals surface area contributed by atoms with Crippen LogP contribution in [0.1, 0.15) is 29.3 Å². The van der Waals surface area contributed by atoms with E-state index in [2.05, 4.69) is 27.9 Å². The van der Waals surface area contributed by atoms with E-state index in [4.69, 9.17) is 9.72 Å². The zero-order chi connectivity index (χ0) is 20.4. The maximum absolute atomic E-state index is 12.8. The largest absolute Gasteiger partial charge is 0.383 e. The van der Waals surface area contributed by atoms with E-state index >= 15 is 0 Å². The van der Waals surface area contributed by atoms with Crippen LogP contribution in [0.5, 0.6) is 0 Å². The number of fused-ring (bicyclic) bond motifs is 1. The van der Waals surface area contributed by atoms with Gasteiger partial charge in [-0.2, -0.15) is 0 Å². The molecule has 1 atom stereocenters. The van der Waals surface area contributed by atoms with Gasteiger partial charge in [-0.25, -0.2) is 14.8 Å². The zero-order valence-corrected chi connectivity index (χ0v) is 17.2. The molecule has 3 heterocycles. The molecule has 7 nitrogen and oxygen atoms in total. The van der Waals surface area contributed by atoms with Gasteiger partial charge in [0.1, 0.15) is 11.3 Å². The molecule has 0 saturated carbocycles. The lowest BCUT2D eigenvalue weighted by Gasteiger charge is -2.19. The van der Waals surface area contributed by atoms with Crippen LogP contribution in [0.15, 0.2) is 36.5 Å². The van der Waals surface area contributed by atoms with Crippen LogP contribution in [-0.2, 0) is 11.3 Å². The van der Waals surface area contributed by atoms with Gasteiger partial charge >= 0.3 is 6.03 Å². The summed E-state index contributed by atoms with van der Waals surface area (Å²) in [4.78, 5) is 24.1. The average molecular weight is 393 g/mol. The van der Waals surface area contributed by atoms with Gasteiger partial charge in [-0.1, -0.05) is 12.1 Å². The van der Waals surface area contributed by atoms with Crippen molar-refractivity contribution in [3.8, 4) is 0 Å². The highest BCUT2D eigenvalue weighted by atomic mass is 16.5. The van der Waals surface area contributed by atoms with Gasteiger partial charge in [0.2, 0.25) is 0 Å². The van der Waals surface area contributed by atoms with Gasteiger partial charge in [-0.15, -0.1) is 0 Å². The lowest BCUT2D eigenvalue weighted by atomic mass is 10.1. The predicted octanol–water partition coefficient (Wildman–Crippen LogP) is 3.72. The Morgan fingerprint density at radius 3 is 2.97 bits per heavy atom. The molecule has 29 heavy (non-hydrogen) atoms. The van der Waals surface area contributed by atoms with Gasteiger partial charge in [0.25, 0.3) is 0 Å². The first-order valence-electron chi connectivity index (χ1n) is 10.0. The van der Waals surface area contributed by atoms with E-state index in [-0.39, 0.29) is 11.9 Å². The molecule has 1 N–H and O–H groups in total. The molecule has 1 fully saturated rings. The first-order valence-corrected chi connectivity index (χ1v) is 10.0. The summed E-state index contributed by atoms with van der Waals surface area (Å²) >= 11 is 0. The second kappa shape index (κ2) is 8.21. The molecule has 3 aromatic rings. The molecule has 1 aliphatic rings. The summed E-state index contributed by atoms with van der Waals surface area (Å²) in [6.07, 6.45) is 2.67. The normalized spacial score (nSPS) is 16.5. The fourth-order valence-corrected chi connectivity index (χ4v) is 3.93. The van der Waals surface area contributed by atoms with Crippen LogP contribution >= 0.6 is 0 Å². The number of likely N-dealkylation sites (tertiary alicyclic amines) is 1. The van der Waals surface area contributed by atoms with Crippen molar-refractivity contribution in [3.63, 3.8) is 0 Å². The van der Waals surface area contributed by atoms with Gasteiger partial charge in [-0.3, -0.25) is 0 Å². The van der Waals surface area contributed by atoms with E-state index < -0.39 is 0 Å². The number of imidazole rings is 1. The third-order valence-corrected chi connectivity index (χ3v) is 5.74. The highest BCUT2D eigenvalue weighted by Crippen LogP contribution is 2.29. The number of amides is 2. The summed E-state index contributed by atoms with van der Waals surface area (Å²) in [5, 5.41) is 3.07. The molecule has 0 spiro atoms. The Hall–Kier alpha value is -2.93. The Bertz CT molecular complexity index is 1030. The van der Waals surface area contributed by atoms with Crippen molar-refractivity contribution in [1.29, 1.82) is 0 Å². The number of hydrogen-bond acceptors (Lipinski definition) is 4. The molecule has 7 heteroatoms. The van der Waals surface area contributed by atoms with E-state index in [0.717, 1.165) is 34.7 Å². The first-order chi connectivity index (χ1) is 14.1. The van der Waals surface area contributed by atoms with E-state index in [1.165, 1.54) is 5.56 Å². The number of carbonyl (C=O) groups is 1. The maximum atomic E-state index is 12.8. The predicted molar refractivity (Wildman–Crippen MR) is 113 cm³/mol. The molecule has 2 aromatic heterocycles. The number of anilines is 1. The lowest BCUT2D eigenvalue weighted by molar-refractivity contribution is 0.186. The van der Waals surface area contributed by atoms with E-state index in [9.17, 15) is 4.79 Å². The molecule has 1 aromatic carbocycles. The second-order valence-electron chi connectivity index (χ2n) is 7.57. The van der Waals surface area contributed by atoms with E-state index in [1.807, 2.05) is 36.1 Å². The molecule has 0 bridgehead atoms. The minimum Gasteiger partial charge on any atom is -0.383 e. The van der Waals surface area contributed by atoms with E-state index in [1.54, 1.807) is 13.3 Å². The van der Waals surface area contributed by atoms with Crippen molar-refractivity contribution >= 4 is 22.9 Å². The molecular weight excluding hydrogens is 366 g/mol. The summed E-state index contributed by atoms with van der Waals surface area (Å²) in [6, 6.07) is 9.79. The van der Waals surface area contributed by atoms with Crippen molar-refractivity contribution in [1.82, 2.24) is 19.4 Å². The van der Waals surface area contributed by atoms with Gasteiger partial charge in [0.05, 0.1) is 6.61 Å². The van der Waals surface area contributed by atoms with E-state index in [0.29, 0.717) is 26.2 Å². The van der Waals surface area contributed by atoms with Crippen LogP contribution < -0.4 is 5.32 Å². The van der Waals surface area contributed by atoms with Crippen LogP contribution in [0.3, 0.4) is 0 Å². The number of pyridine rings is 1. The van der Waals surface area contributed by atoms with Crippen LogP contribution in [0.4, 0.5) is 10.5 Å². The maximum Gasteiger partial charge on any atom is 0.321 e. The molecule has 1 aliphatic heterocycles. The molecule has 0 unspecified atom stereocenters. The molecule has 152 valence electrons. The standard InChI is InChI=1S/C22H27N5O2/c1-15-6-4-7-18(16(15)2)25-22(28)26-11-9-17(14-26)20-24-19-8-5-10-23-21(19)27(20)12-13-29-3/h4-8,10,17H,9,11-14H2,1-3H3,(H,25,28)/t17-/m1/s1. The third kappa shape index (κ3) is 3.82. The number of methoxy groups -OCH3 is 1. The molecule has 4 rings (SSSR count). The van der Waals surface area contributed by atoms with Crippen molar-refractivity contribution in [2.24, 2.45) is 0 Å². The van der Waals surface area contributed by atoms with Crippen LogP contribution in [0.2, 0.25) is 0 Å². The molecule has 2 amide bonds. The molecule has 0 aliphatic carbocycles. The number of nitrogens with zero attached hydrogens (tertiary/aromatic N) is 4. The smallest absolute Gasteiger partial charge is 0.321 e. The quantitative estimate of drug-likeness (QED) is 0.717. The highest BCUT2D eigenvalue weighted by molar-refractivity contribution is 5.90. The minimum absolute atomic E-state index is 0.0566. The number of urea groups is 1. The number of aromatic nitrogens is 3. The van der Waals surface area contributed by atoms with Gasteiger partial charge in [0, 0.05) is 44.5 Å². The lowest BCUT2D eigenvalue weighted by Crippen LogP contribution is -2.33. The number of nitrogens with one attached hydrogen (secondary N) is 1. The fourth-order valence-electron chi connectivity index (χ4n) is 3.93. The average Bonchev–Trinajstić information content (AvgIpc) is 3.34. The Morgan fingerprint density at radius 2 is 2.14 bits per heavy atom. The van der Waals surface area contributed by atoms with Crippen LogP contribution in [0, 0.1) is 13.8 Å². The summed E-state index contributed by atoms with van der Waals surface area (Å²) in [5.74, 6) is 1.17. The molecule has 0 radical (unpaired) electrons. The van der Waals surface area contributed by atoms with Crippen LogP contribution in [0.25, 0.3) is 11.2 Å². The Labute approximate surface area is 170 Å². The summed E-state index contributed by atoms with van der Waals surface area (Å²) in [5.41, 5.74) is 4.90.